The summed E-state index contributed by atoms with van der Waals surface area (Å²) in [4.78, 5) is 2.29. The number of hydrogen-bond donors (Lipinski definition) is 1. The normalized spacial score (nSPS) is 11.4. The third kappa shape index (κ3) is 3.72. The molecule has 0 aliphatic carbocycles. The molecular formula is C15H22N2O2. The molecule has 0 spiro atoms. The fourth-order valence-corrected chi connectivity index (χ4v) is 2.15. The fourth-order valence-electron chi connectivity index (χ4n) is 2.15. The Balaban J connectivity index is 1.99. The van der Waals surface area contributed by atoms with Gasteiger partial charge in [0.15, 0.2) is 0 Å². The van der Waals surface area contributed by atoms with Gasteiger partial charge in [-0.1, -0.05) is 6.92 Å². The molecule has 4 heteroatoms. The van der Waals surface area contributed by atoms with Crippen molar-refractivity contribution in [3.05, 3.63) is 47.3 Å². The standard InChI is InChI=1S/C15H22N2O2/c1-4-17(10-14-6-5-7-18-14)11-15-8-13(9-16-3)12(2)19-15/h5-8,16H,4,9-11H2,1-3H3. The van der Waals surface area contributed by atoms with Gasteiger partial charge in [0.05, 0.1) is 19.4 Å². The first-order chi connectivity index (χ1) is 9.22. The minimum Gasteiger partial charge on any atom is -0.468 e. The summed E-state index contributed by atoms with van der Waals surface area (Å²) < 4.78 is 11.2. The van der Waals surface area contributed by atoms with E-state index in [1.165, 1.54) is 5.56 Å². The molecule has 0 aliphatic rings. The number of nitrogens with zero attached hydrogens (tertiary/aromatic N) is 1. The van der Waals surface area contributed by atoms with E-state index >= 15 is 0 Å². The first-order valence-corrected chi connectivity index (χ1v) is 6.70. The van der Waals surface area contributed by atoms with Gasteiger partial charge >= 0.3 is 0 Å². The van der Waals surface area contributed by atoms with Gasteiger partial charge < -0.3 is 14.2 Å². The molecule has 2 heterocycles. The predicted molar refractivity (Wildman–Crippen MR) is 74.7 cm³/mol. The third-order valence-corrected chi connectivity index (χ3v) is 3.23. The van der Waals surface area contributed by atoms with E-state index in [-0.39, 0.29) is 0 Å². The SMILES string of the molecule is CCN(Cc1ccco1)Cc1cc(CNC)c(C)o1. The molecule has 0 bridgehead atoms. The molecule has 0 saturated carbocycles. The summed E-state index contributed by atoms with van der Waals surface area (Å²) in [6.45, 7) is 7.58. The van der Waals surface area contributed by atoms with Crippen LogP contribution in [0.3, 0.4) is 0 Å². The summed E-state index contributed by atoms with van der Waals surface area (Å²) in [6, 6.07) is 6.06. The minimum atomic E-state index is 0.807. The second kappa shape index (κ2) is 6.59. The van der Waals surface area contributed by atoms with E-state index in [0.29, 0.717) is 0 Å². The quantitative estimate of drug-likeness (QED) is 0.833. The van der Waals surface area contributed by atoms with Crippen LogP contribution in [-0.2, 0) is 19.6 Å². The van der Waals surface area contributed by atoms with Crippen LogP contribution in [0.15, 0.2) is 33.3 Å². The van der Waals surface area contributed by atoms with Crippen LogP contribution in [0.2, 0.25) is 0 Å². The Morgan fingerprint density at radius 2 is 2.05 bits per heavy atom. The maximum atomic E-state index is 5.81. The zero-order valence-corrected chi connectivity index (χ0v) is 11.9. The summed E-state index contributed by atoms with van der Waals surface area (Å²) in [5, 5.41) is 3.15. The Morgan fingerprint density at radius 1 is 1.26 bits per heavy atom. The Labute approximate surface area is 114 Å². The average Bonchev–Trinajstić information content (AvgIpc) is 3.00. The van der Waals surface area contributed by atoms with Gasteiger partial charge in [0.25, 0.3) is 0 Å². The monoisotopic (exact) mass is 262 g/mol. The zero-order chi connectivity index (χ0) is 13.7. The van der Waals surface area contributed by atoms with Crippen molar-refractivity contribution in [2.45, 2.75) is 33.5 Å². The third-order valence-electron chi connectivity index (χ3n) is 3.23. The van der Waals surface area contributed by atoms with Crippen molar-refractivity contribution < 1.29 is 8.83 Å². The topological polar surface area (TPSA) is 41.6 Å². The molecule has 0 aromatic carbocycles. The van der Waals surface area contributed by atoms with Gasteiger partial charge in [0, 0.05) is 12.1 Å². The lowest BCUT2D eigenvalue weighted by Crippen LogP contribution is -2.21. The number of rotatable bonds is 7. The second-order valence-electron chi connectivity index (χ2n) is 4.71. The van der Waals surface area contributed by atoms with E-state index in [2.05, 4.69) is 23.2 Å². The Hall–Kier alpha value is -1.52. The first-order valence-electron chi connectivity index (χ1n) is 6.70. The molecule has 104 valence electrons. The molecule has 0 fully saturated rings. The summed E-state index contributed by atoms with van der Waals surface area (Å²) in [6.07, 6.45) is 1.71. The van der Waals surface area contributed by atoms with Crippen molar-refractivity contribution in [3.8, 4) is 0 Å². The molecule has 2 rings (SSSR count). The van der Waals surface area contributed by atoms with Gasteiger partial charge in [-0.15, -0.1) is 0 Å². The van der Waals surface area contributed by atoms with Gasteiger partial charge in [-0.05, 0) is 38.7 Å². The highest BCUT2D eigenvalue weighted by atomic mass is 16.3. The van der Waals surface area contributed by atoms with Crippen LogP contribution in [0, 0.1) is 6.92 Å². The van der Waals surface area contributed by atoms with E-state index in [1.54, 1.807) is 6.26 Å². The Morgan fingerprint density at radius 3 is 2.68 bits per heavy atom. The van der Waals surface area contributed by atoms with E-state index in [4.69, 9.17) is 8.83 Å². The fraction of sp³-hybridized carbons (Fsp3) is 0.467. The Kier molecular flexibility index (Phi) is 4.82. The highest BCUT2D eigenvalue weighted by Gasteiger charge is 2.11. The number of nitrogens with one attached hydrogen (secondary N) is 1. The van der Waals surface area contributed by atoms with Crippen molar-refractivity contribution >= 4 is 0 Å². The summed E-state index contributed by atoms with van der Waals surface area (Å²) in [5.74, 6) is 3.00. The van der Waals surface area contributed by atoms with Crippen molar-refractivity contribution in [3.63, 3.8) is 0 Å². The van der Waals surface area contributed by atoms with Crippen molar-refractivity contribution in [1.29, 1.82) is 0 Å². The molecule has 0 amide bonds. The van der Waals surface area contributed by atoms with E-state index in [9.17, 15) is 0 Å². The van der Waals surface area contributed by atoms with Crippen LogP contribution in [0.5, 0.6) is 0 Å². The van der Waals surface area contributed by atoms with Crippen molar-refractivity contribution in [1.82, 2.24) is 10.2 Å². The van der Waals surface area contributed by atoms with Gasteiger partial charge in [0.1, 0.15) is 17.3 Å². The lowest BCUT2D eigenvalue weighted by atomic mass is 10.2. The molecule has 0 atom stereocenters. The van der Waals surface area contributed by atoms with Gasteiger partial charge in [-0.3, -0.25) is 4.90 Å². The summed E-state index contributed by atoms with van der Waals surface area (Å²) in [7, 11) is 1.95. The largest absolute Gasteiger partial charge is 0.468 e. The molecule has 0 radical (unpaired) electrons. The lowest BCUT2D eigenvalue weighted by molar-refractivity contribution is 0.227. The van der Waals surface area contributed by atoms with Gasteiger partial charge in [-0.2, -0.15) is 0 Å². The van der Waals surface area contributed by atoms with E-state index in [0.717, 1.165) is 43.5 Å². The maximum absolute atomic E-state index is 5.81. The van der Waals surface area contributed by atoms with Crippen molar-refractivity contribution in [2.24, 2.45) is 0 Å². The molecule has 2 aromatic rings. The summed E-state index contributed by atoms with van der Waals surface area (Å²) >= 11 is 0. The molecule has 4 nitrogen and oxygen atoms in total. The van der Waals surface area contributed by atoms with Crippen LogP contribution in [0.25, 0.3) is 0 Å². The van der Waals surface area contributed by atoms with Crippen LogP contribution >= 0.6 is 0 Å². The molecule has 0 saturated heterocycles. The highest BCUT2D eigenvalue weighted by Crippen LogP contribution is 2.17. The Bertz CT molecular complexity index is 488. The molecule has 2 aromatic heterocycles. The van der Waals surface area contributed by atoms with Gasteiger partial charge in [-0.25, -0.2) is 0 Å². The van der Waals surface area contributed by atoms with E-state index < -0.39 is 0 Å². The van der Waals surface area contributed by atoms with Crippen LogP contribution in [-0.4, -0.2) is 18.5 Å². The number of furan rings is 2. The minimum absolute atomic E-state index is 0.807. The zero-order valence-electron chi connectivity index (χ0n) is 11.9. The number of hydrogen-bond acceptors (Lipinski definition) is 4. The first kappa shape index (κ1) is 13.9. The molecule has 19 heavy (non-hydrogen) atoms. The maximum Gasteiger partial charge on any atom is 0.118 e. The molecule has 1 N–H and O–H groups in total. The smallest absolute Gasteiger partial charge is 0.118 e. The predicted octanol–water partition coefficient (Wildman–Crippen LogP) is 2.92. The second-order valence-corrected chi connectivity index (χ2v) is 4.71. The number of aryl methyl sites for hydroxylation is 1. The lowest BCUT2D eigenvalue weighted by Gasteiger charge is -2.17. The van der Waals surface area contributed by atoms with E-state index in [1.807, 2.05) is 26.1 Å². The highest BCUT2D eigenvalue weighted by molar-refractivity contribution is 5.20. The van der Waals surface area contributed by atoms with Gasteiger partial charge in [0.2, 0.25) is 0 Å². The molecule has 0 aliphatic heterocycles. The molecule has 0 unspecified atom stereocenters. The summed E-state index contributed by atoms with van der Waals surface area (Å²) in [5.41, 5.74) is 1.23. The average molecular weight is 262 g/mol. The van der Waals surface area contributed by atoms with Crippen LogP contribution in [0.4, 0.5) is 0 Å². The van der Waals surface area contributed by atoms with Crippen LogP contribution < -0.4 is 5.32 Å². The van der Waals surface area contributed by atoms with Crippen LogP contribution in [0.1, 0.15) is 29.8 Å². The molecular weight excluding hydrogens is 240 g/mol. The van der Waals surface area contributed by atoms with Crippen molar-refractivity contribution in [2.75, 3.05) is 13.6 Å².